The number of nitrogens with one attached hydrogen (secondary N) is 2. The second kappa shape index (κ2) is 6.86. The van der Waals surface area contributed by atoms with Gasteiger partial charge in [-0.15, -0.1) is 0 Å². The van der Waals surface area contributed by atoms with Gasteiger partial charge >= 0.3 is 0 Å². The number of piperazine rings is 1. The minimum atomic E-state index is -0.200. The molecule has 1 saturated heterocycles. The van der Waals surface area contributed by atoms with Gasteiger partial charge in [0.15, 0.2) is 0 Å². The van der Waals surface area contributed by atoms with Gasteiger partial charge in [0.2, 0.25) is 11.8 Å². The van der Waals surface area contributed by atoms with Crippen molar-refractivity contribution in [1.29, 1.82) is 5.26 Å². The van der Waals surface area contributed by atoms with E-state index in [2.05, 4.69) is 10.6 Å². The molecule has 2 rings (SSSR count). The van der Waals surface area contributed by atoms with Gasteiger partial charge in [-0.3, -0.25) is 14.5 Å². The van der Waals surface area contributed by atoms with E-state index >= 15 is 0 Å². The maximum absolute atomic E-state index is 11.9. The third kappa shape index (κ3) is 4.04. The average molecular weight is 286 g/mol. The van der Waals surface area contributed by atoms with E-state index in [9.17, 15) is 9.59 Å². The summed E-state index contributed by atoms with van der Waals surface area (Å²) >= 11 is 0. The second-order valence-electron chi connectivity index (χ2n) is 4.99. The first-order valence-electron chi connectivity index (χ1n) is 6.92. The van der Waals surface area contributed by atoms with Crippen LogP contribution < -0.4 is 10.6 Å². The summed E-state index contributed by atoms with van der Waals surface area (Å²) in [5.41, 5.74) is 1.12. The molecule has 2 amide bonds. The maximum Gasteiger partial charge on any atom is 0.237 e. The Morgan fingerprint density at radius 2 is 2.38 bits per heavy atom. The maximum atomic E-state index is 11.9. The highest BCUT2D eigenvalue weighted by molar-refractivity contribution is 5.91. The molecule has 0 aromatic heterocycles. The third-order valence-electron chi connectivity index (χ3n) is 3.53. The van der Waals surface area contributed by atoms with Crippen LogP contribution in [0.25, 0.3) is 0 Å². The van der Waals surface area contributed by atoms with Crippen molar-refractivity contribution in [2.45, 2.75) is 19.4 Å². The lowest BCUT2D eigenvalue weighted by Crippen LogP contribution is -2.54. The molecule has 1 aromatic carbocycles. The summed E-state index contributed by atoms with van der Waals surface area (Å²) in [6.07, 6.45) is 0.314. The van der Waals surface area contributed by atoms with Gasteiger partial charge < -0.3 is 10.6 Å². The fraction of sp³-hybridized carbons (Fsp3) is 0.400. The largest absolute Gasteiger partial charge is 0.353 e. The zero-order valence-corrected chi connectivity index (χ0v) is 11.9. The monoisotopic (exact) mass is 286 g/mol. The summed E-state index contributed by atoms with van der Waals surface area (Å²) in [6.45, 7) is 3.75. The summed E-state index contributed by atoms with van der Waals surface area (Å²) in [4.78, 5) is 25.4. The molecule has 0 spiro atoms. The van der Waals surface area contributed by atoms with E-state index in [0.717, 1.165) is 6.54 Å². The number of amides is 2. The number of nitrogens with zero attached hydrogens (tertiary/aromatic N) is 2. The Hall–Kier alpha value is -2.39. The lowest BCUT2D eigenvalue weighted by molar-refractivity contribution is -0.129. The molecule has 1 aliphatic rings. The van der Waals surface area contributed by atoms with Crippen molar-refractivity contribution in [1.82, 2.24) is 10.2 Å². The van der Waals surface area contributed by atoms with Crippen molar-refractivity contribution in [3.05, 3.63) is 29.8 Å². The third-order valence-corrected chi connectivity index (χ3v) is 3.53. The smallest absolute Gasteiger partial charge is 0.237 e. The van der Waals surface area contributed by atoms with E-state index < -0.39 is 0 Å². The molecule has 0 radical (unpaired) electrons. The lowest BCUT2D eigenvalue weighted by Gasteiger charge is -2.32. The van der Waals surface area contributed by atoms with Gasteiger partial charge in [0.1, 0.15) is 0 Å². The van der Waals surface area contributed by atoms with Gasteiger partial charge in [-0.1, -0.05) is 6.07 Å². The number of rotatable bonds is 4. The molecule has 1 aliphatic heterocycles. The molecule has 6 nitrogen and oxygen atoms in total. The first-order valence-corrected chi connectivity index (χ1v) is 6.92. The predicted octanol–water partition coefficient (Wildman–Crippen LogP) is 0.707. The number of benzene rings is 1. The van der Waals surface area contributed by atoms with Crippen molar-refractivity contribution >= 4 is 17.5 Å². The number of carbonyl (C=O) groups excluding carboxylic acids is 2. The summed E-state index contributed by atoms with van der Waals surface area (Å²) < 4.78 is 0. The molecule has 1 fully saturated rings. The van der Waals surface area contributed by atoms with Crippen LogP contribution in [-0.2, 0) is 9.59 Å². The molecule has 110 valence electrons. The zero-order chi connectivity index (χ0) is 15.2. The van der Waals surface area contributed by atoms with Crippen LogP contribution in [0, 0.1) is 11.3 Å². The van der Waals surface area contributed by atoms with Gasteiger partial charge in [0.05, 0.1) is 17.7 Å². The Labute approximate surface area is 123 Å². The molecular formula is C15H18N4O2. The molecule has 1 atom stereocenters. The van der Waals surface area contributed by atoms with Crippen LogP contribution in [0.5, 0.6) is 0 Å². The van der Waals surface area contributed by atoms with E-state index in [0.29, 0.717) is 30.8 Å². The minimum Gasteiger partial charge on any atom is -0.353 e. The van der Waals surface area contributed by atoms with Crippen LogP contribution in [0.4, 0.5) is 5.69 Å². The highest BCUT2D eigenvalue weighted by Crippen LogP contribution is 2.11. The predicted molar refractivity (Wildman–Crippen MR) is 78.4 cm³/mol. The van der Waals surface area contributed by atoms with E-state index in [4.69, 9.17) is 5.26 Å². The van der Waals surface area contributed by atoms with Crippen LogP contribution in [0.15, 0.2) is 24.3 Å². The second-order valence-corrected chi connectivity index (χ2v) is 4.99. The number of nitriles is 1. The summed E-state index contributed by atoms with van der Waals surface area (Å²) in [6, 6.07) is 8.62. The van der Waals surface area contributed by atoms with Crippen LogP contribution >= 0.6 is 0 Å². The van der Waals surface area contributed by atoms with Crippen molar-refractivity contribution in [3.8, 4) is 6.07 Å². The van der Waals surface area contributed by atoms with Gasteiger partial charge in [-0.05, 0) is 25.1 Å². The Kier molecular flexibility index (Phi) is 4.90. The average Bonchev–Trinajstić information content (AvgIpc) is 2.49. The Balaban J connectivity index is 1.84. The van der Waals surface area contributed by atoms with Gasteiger partial charge in [-0.2, -0.15) is 5.26 Å². The van der Waals surface area contributed by atoms with Crippen molar-refractivity contribution in [2.24, 2.45) is 0 Å². The number of anilines is 1. The topological polar surface area (TPSA) is 85.2 Å². The first-order chi connectivity index (χ1) is 10.1. The molecule has 0 aliphatic carbocycles. The highest BCUT2D eigenvalue weighted by atomic mass is 16.2. The van der Waals surface area contributed by atoms with Gasteiger partial charge in [0, 0.05) is 31.7 Å². The number of hydrogen-bond acceptors (Lipinski definition) is 4. The molecule has 1 aromatic rings. The number of hydrogen-bond donors (Lipinski definition) is 2. The summed E-state index contributed by atoms with van der Waals surface area (Å²) in [5.74, 6) is -0.119. The Morgan fingerprint density at radius 1 is 1.57 bits per heavy atom. The van der Waals surface area contributed by atoms with Crippen LogP contribution in [0.3, 0.4) is 0 Å². The zero-order valence-electron chi connectivity index (χ0n) is 11.9. The molecule has 1 unspecified atom stereocenters. The quantitative estimate of drug-likeness (QED) is 0.853. The normalized spacial score (nSPS) is 18.7. The number of carbonyl (C=O) groups is 2. The van der Waals surface area contributed by atoms with Crippen molar-refractivity contribution in [2.75, 3.05) is 25.0 Å². The molecule has 2 N–H and O–H groups in total. The van der Waals surface area contributed by atoms with Crippen molar-refractivity contribution < 1.29 is 9.59 Å². The van der Waals surface area contributed by atoms with Gasteiger partial charge in [0.25, 0.3) is 0 Å². The van der Waals surface area contributed by atoms with E-state index in [1.54, 1.807) is 24.3 Å². The standard InChI is InChI=1S/C15H18N4O2/c1-11-15(21)17-6-8-19(11)7-5-14(20)18-13-4-2-3-12(9-13)10-16/h2-4,9,11H,5-8H2,1H3,(H,17,21)(H,18,20). The van der Waals surface area contributed by atoms with E-state index in [1.807, 2.05) is 17.9 Å². The highest BCUT2D eigenvalue weighted by Gasteiger charge is 2.25. The van der Waals surface area contributed by atoms with Crippen molar-refractivity contribution in [3.63, 3.8) is 0 Å². The lowest BCUT2D eigenvalue weighted by atomic mass is 10.2. The SMILES string of the molecule is CC1C(=O)NCCN1CCC(=O)Nc1cccc(C#N)c1. The molecule has 21 heavy (non-hydrogen) atoms. The molecule has 6 heteroatoms. The van der Waals surface area contributed by atoms with Crippen LogP contribution in [0.2, 0.25) is 0 Å². The van der Waals surface area contributed by atoms with Crippen LogP contribution in [0.1, 0.15) is 18.9 Å². The molecule has 0 saturated carbocycles. The summed E-state index contributed by atoms with van der Waals surface area (Å²) in [7, 11) is 0. The van der Waals surface area contributed by atoms with E-state index in [-0.39, 0.29) is 17.9 Å². The first kappa shape index (κ1) is 15.0. The molecular weight excluding hydrogens is 268 g/mol. The summed E-state index contributed by atoms with van der Waals surface area (Å²) in [5, 5.41) is 14.4. The fourth-order valence-electron chi connectivity index (χ4n) is 2.27. The molecule has 1 heterocycles. The van der Waals surface area contributed by atoms with Crippen LogP contribution in [-0.4, -0.2) is 42.4 Å². The Bertz CT molecular complexity index is 579. The van der Waals surface area contributed by atoms with E-state index in [1.165, 1.54) is 0 Å². The van der Waals surface area contributed by atoms with Gasteiger partial charge in [-0.25, -0.2) is 0 Å². The molecule has 0 bridgehead atoms. The fourth-order valence-corrected chi connectivity index (χ4v) is 2.27. The Morgan fingerprint density at radius 3 is 3.14 bits per heavy atom. The minimum absolute atomic E-state index is 0.00313.